The lowest BCUT2D eigenvalue weighted by Crippen LogP contribution is -2.32. The number of likely N-dealkylation sites (tertiary alicyclic amines) is 1. The topological polar surface area (TPSA) is 12.5 Å². The fourth-order valence-corrected chi connectivity index (χ4v) is 2.21. The molecule has 1 heterocycles. The lowest BCUT2D eigenvalue weighted by molar-refractivity contribution is 0.185. The quantitative estimate of drug-likeness (QED) is 0.775. The van der Waals surface area contributed by atoms with Gasteiger partial charge in [-0.2, -0.15) is 0 Å². The van der Waals surface area contributed by atoms with Crippen LogP contribution in [0.25, 0.3) is 0 Å². The Morgan fingerprint density at radius 2 is 1.81 bits per heavy atom. The number of nitrogens with zero attached hydrogens (tertiary/aromatic N) is 1. The van der Waals surface area contributed by atoms with E-state index in [1.54, 1.807) is 7.11 Å². The Bertz CT molecular complexity index is 312. The van der Waals surface area contributed by atoms with Crippen LogP contribution in [0.5, 0.6) is 5.75 Å². The normalized spacial score (nSPS) is 18.6. The molecule has 0 aromatic heterocycles. The number of hydrogen-bond acceptors (Lipinski definition) is 2. The number of benzene rings is 1. The molecule has 0 unspecified atom stereocenters. The van der Waals surface area contributed by atoms with Crippen LogP contribution in [-0.4, -0.2) is 25.1 Å². The first kappa shape index (κ1) is 11.5. The summed E-state index contributed by atoms with van der Waals surface area (Å²) in [5.74, 6) is 1.85. The second-order valence-electron chi connectivity index (χ2n) is 4.81. The Kier molecular flexibility index (Phi) is 3.83. The fourth-order valence-electron chi connectivity index (χ4n) is 2.21. The summed E-state index contributed by atoms with van der Waals surface area (Å²) in [5, 5.41) is 0. The van der Waals surface area contributed by atoms with Crippen LogP contribution in [0.2, 0.25) is 0 Å². The van der Waals surface area contributed by atoms with E-state index >= 15 is 0 Å². The summed E-state index contributed by atoms with van der Waals surface area (Å²) in [6, 6.07) is 8.41. The summed E-state index contributed by atoms with van der Waals surface area (Å²) in [6.45, 7) is 5.92. The van der Waals surface area contributed by atoms with E-state index in [4.69, 9.17) is 4.74 Å². The molecule has 1 aliphatic rings. The number of ether oxygens (including phenoxy) is 1. The van der Waals surface area contributed by atoms with Crippen molar-refractivity contribution in [1.82, 2.24) is 4.90 Å². The van der Waals surface area contributed by atoms with Crippen molar-refractivity contribution in [3.05, 3.63) is 29.8 Å². The van der Waals surface area contributed by atoms with Crippen LogP contribution >= 0.6 is 0 Å². The Balaban J connectivity index is 1.88. The maximum atomic E-state index is 5.16. The van der Waals surface area contributed by atoms with Crippen molar-refractivity contribution in [2.75, 3.05) is 20.2 Å². The van der Waals surface area contributed by atoms with Crippen molar-refractivity contribution >= 4 is 0 Å². The van der Waals surface area contributed by atoms with Gasteiger partial charge in [0.15, 0.2) is 0 Å². The monoisotopic (exact) mass is 219 g/mol. The molecule has 0 spiro atoms. The van der Waals surface area contributed by atoms with Crippen LogP contribution in [0.1, 0.15) is 25.3 Å². The minimum Gasteiger partial charge on any atom is -0.497 e. The van der Waals surface area contributed by atoms with Gasteiger partial charge in [0.1, 0.15) is 5.75 Å². The van der Waals surface area contributed by atoms with Crippen LogP contribution in [0, 0.1) is 5.92 Å². The van der Waals surface area contributed by atoms with Crippen molar-refractivity contribution in [3.8, 4) is 5.75 Å². The summed E-state index contributed by atoms with van der Waals surface area (Å²) in [5.41, 5.74) is 1.38. The zero-order chi connectivity index (χ0) is 11.4. The van der Waals surface area contributed by atoms with Crippen molar-refractivity contribution in [2.24, 2.45) is 5.92 Å². The molecule has 0 N–H and O–H groups in total. The summed E-state index contributed by atoms with van der Waals surface area (Å²) >= 11 is 0. The van der Waals surface area contributed by atoms with Gasteiger partial charge in [0.25, 0.3) is 0 Å². The van der Waals surface area contributed by atoms with E-state index < -0.39 is 0 Å². The number of piperidine rings is 1. The molecular formula is C14H21NO. The van der Waals surface area contributed by atoms with Crippen molar-refractivity contribution in [1.29, 1.82) is 0 Å². The summed E-state index contributed by atoms with van der Waals surface area (Å²) in [7, 11) is 1.71. The van der Waals surface area contributed by atoms with Crippen LogP contribution < -0.4 is 4.74 Å². The molecule has 2 nitrogen and oxygen atoms in total. The molecule has 0 bridgehead atoms. The zero-order valence-corrected chi connectivity index (χ0v) is 10.3. The Morgan fingerprint density at radius 1 is 1.19 bits per heavy atom. The molecular weight excluding hydrogens is 198 g/mol. The highest BCUT2D eigenvalue weighted by atomic mass is 16.5. The van der Waals surface area contributed by atoms with Crippen molar-refractivity contribution < 1.29 is 4.74 Å². The third-order valence-corrected chi connectivity index (χ3v) is 3.44. The van der Waals surface area contributed by atoms with Gasteiger partial charge in [0.2, 0.25) is 0 Å². The Hall–Kier alpha value is -1.02. The van der Waals surface area contributed by atoms with Gasteiger partial charge in [-0.15, -0.1) is 0 Å². The lowest BCUT2D eigenvalue weighted by atomic mass is 9.99. The van der Waals surface area contributed by atoms with Gasteiger partial charge in [-0.3, -0.25) is 4.90 Å². The van der Waals surface area contributed by atoms with E-state index in [-0.39, 0.29) is 0 Å². The largest absolute Gasteiger partial charge is 0.497 e. The number of hydrogen-bond donors (Lipinski definition) is 0. The molecule has 1 fully saturated rings. The van der Waals surface area contributed by atoms with E-state index in [1.165, 1.54) is 31.5 Å². The minimum absolute atomic E-state index is 0.909. The maximum absolute atomic E-state index is 5.16. The van der Waals surface area contributed by atoms with Gasteiger partial charge in [-0.05, 0) is 49.5 Å². The first-order chi connectivity index (χ1) is 7.78. The maximum Gasteiger partial charge on any atom is 0.118 e. The van der Waals surface area contributed by atoms with Crippen LogP contribution in [0.3, 0.4) is 0 Å². The third kappa shape index (κ3) is 2.99. The van der Waals surface area contributed by atoms with Gasteiger partial charge in [-0.1, -0.05) is 19.1 Å². The predicted octanol–water partition coefficient (Wildman–Crippen LogP) is 2.93. The molecule has 16 heavy (non-hydrogen) atoms. The smallest absolute Gasteiger partial charge is 0.118 e. The van der Waals surface area contributed by atoms with Crippen molar-refractivity contribution in [3.63, 3.8) is 0 Å². The van der Waals surface area contributed by atoms with Gasteiger partial charge < -0.3 is 4.74 Å². The van der Waals surface area contributed by atoms with Gasteiger partial charge in [-0.25, -0.2) is 0 Å². The molecule has 0 saturated carbocycles. The predicted molar refractivity (Wildman–Crippen MR) is 66.7 cm³/mol. The fraction of sp³-hybridized carbons (Fsp3) is 0.571. The number of rotatable bonds is 3. The van der Waals surface area contributed by atoms with Crippen LogP contribution in [0.15, 0.2) is 24.3 Å². The molecule has 1 aliphatic heterocycles. The molecule has 2 heteroatoms. The molecule has 1 saturated heterocycles. The number of methoxy groups -OCH3 is 1. The highest BCUT2D eigenvalue weighted by molar-refractivity contribution is 5.27. The minimum atomic E-state index is 0.909. The summed E-state index contributed by atoms with van der Waals surface area (Å²) < 4.78 is 5.16. The van der Waals surface area contributed by atoms with Gasteiger partial charge in [0.05, 0.1) is 7.11 Å². The molecule has 0 amide bonds. The SMILES string of the molecule is COc1ccc(CN2CCC(C)CC2)cc1. The summed E-state index contributed by atoms with van der Waals surface area (Å²) in [4.78, 5) is 2.54. The Morgan fingerprint density at radius 3 is 2.38 bits per heavy atom. The lowest BCUT2D eigenvalue weighted by Gasteiger charge is -2.30. The average Bonchev–Trinajstić information content (AvgIpc) is 2.33. The van der Waals surface area contributed by atoms with Gasteiger partial charge in [0, 0.05) is 6.54 Å². The molecule has 0 atom stereocenters. The average molecular weight is 219 g/mol. The molecule has 1 aromatic carbocycles. The van der Waals surface area contributed by atoms with Crippen LogP contribution in [-0.2, 0) is 6.54 Å². The highest BCUT2D eigenvalue weighted by Gasteiger charge is 2.15. The zero-order valence-electron chi connectivity index (χ0n) is 10.3. The first-order valence-corrected chi connectivity index (χ1v) is 6.13. The van der Waals surface area contributed by atoms with Crippen LogP contribution in [0.4, 0.5) is 0 Å². The molecule has 0 radical (unpaired) electrons. The standard InChI is InChI=1S/C14H21NO/c1-12-7-9-15(10-8-12)11-13-3-5-14(16-2)6-4-13/h3-6,12H,7-11H2,1-2H3. The van der Waals surface area contributed by atoms with E-state index in [0.29, 0.717) is 0 Å². The van der Waals surface area contributed by atoms with Gasteiger partial charge >= 0.3 is 0 Å². The van der Waals surface area contributed by atoms with E-state index in [9.17, 15) is 0 Å². The molecule has 1 aromatic rings. The molecule has 0 aliphatic carbocycles. The highest BCUT2D eigenvalue weighted by Crippen LogP contribution is 2.19. The molecule has 2 rings (SSSR count). The Labute approximate surface area is 98.2 Å². The van der Waals surface area contributed by atoms with E-state index in [2.05, 4.69) is 24.0 Å². The second-order valence-corrected chi connectivity index (χ2v) is 4.81. The summed E-state index contributed by atoms with van der Waals surface area (Å²) in [6.07, 6.45) is 2.69. The molecule has 88 valence electrons. The van der Waals surface area contributed by atoms with E-state index in [0.717, 1.165) is 18.2 Å². The van der Waals surface area contributed by atoms with Crippen molar-refractivity contribution in [2.45, 2.75) is 26.3 Å². The van der Waals surface area contributed by atoms with E-state index in [1.807, 2.05) is 12.1 Å². The first-order valence-electron chi connectivity index (χ1n) is 6.13. The third-order valence-electron chi connectivity index (χ3n) is 3.44. The second kappa shape index (κ2) is 5.35.